The van der Waals surface area contributed by atoms with E-state index < -0.39 is 12.1 Å². The highest BCUT2D eigenvalue weighted by Crippen LogP contribution is 2.11. The van der Waals surface area contributed by atoms with E-state index in [0.29, 0.717) is 6.42 Å². The molecule has 3 N–H and O–H groups in total. The highest BCUT2D eigenvalue weighted by Gasteiger charge is 2.17. The Balaban J connectivity index is 3.76. The van der Waals surface area contributed by atoms with Gasteiger partial charge in [0.05, 0.1) is 18.8 Å². The number of aliphatic hydroxyl groups is 2. The molecule has 0 aliphatic rings. The number of hydrogen-bond donors (Lipinski definition) is 3. The summed E-state index contributed by atoms with van der Waals surface area (Å²) in [7, 11) is 0. The Labute approximate surface area is 438 Å². The van der Waals surface area contributed by atoms with Gasteiger partial charge in [0.2, 0.25) is 5.91 Å². The average molecular weight is 973 g/mol. The van der Waals surface area contributed by atoms with E-state index in [9.17, 15) is 15.0 Å². The van der Waals surface area contributed by atoms with E-state index in [2.05, 4.69) is 189 Å². The third-order valence-corrected chi connectivity index (χ3v) is 11.6. The predicted octanol–water partition coefficient (Wildman–Crippen LogP) is 19.3. The van der Waals surface area contributed by atoms with Crippen LogP contribution in [0.15, 0.2) is 182 Å². The molecule has 4 nitrogen and oxygen atoms in total. The molecule has 4 heteroatoms. The van der Waals surface area contributed by atoms with Crippen molar-refractivity contribution < 1.29 is 15.0 Å². The molecule has 0 aliphatic heterocycles. The zero-order valence-electron chi connectivity index (χ0n) is 45.4. The molecule has 0 aliphatic carbocycles. The van der Waals surface area contributed by atoms with Crippen molar-refractivity contribution >= 4 is 5.91 Å². The van der Waals surface area contributed by atoms with Crippen molar-refractivity contribution in [3.8, 4) is 0 Å². The van der Waals surface area contributed by atoms with Crippen molar-refractivity contribution in [1.29, 1.82) is 0 Å². The van der Waals surface area contributed by atoms with E-state index in [4.69, 9.17) is 0 Å². The lowest BCUT2D eigenvalue weighted by Gasteiger charge is -2.19. The fourth-order valence-corrected chi connectivity index (χ4v) is 7.31. The summed E-state index contributed by atoms with van der Waals surface area (Å²) in [5.74, 6) is -0.111. The van der Waals surface area contributed by atoms with Gasteiger partial charge < -0.3 is 15.5 Å². The molecule has 2 atom stereocenters. The number of nitrogens with one attached hydrogen (secondary N) is 1. The van der Waals surface area contributed by atoms with Gasteiger partial charge in [-0.2, -0.15) is 0 Å². The van der Waals surface area contributed by atoms with E-state index >= 15 is 0 Å². The molecule has 0 spiro atoms. The molecule has 0 fully saturated rings. The Hall–Kier alpha value is -4.51. The zero-order valence-corrected chi connectivity index (χ0v) is 45.4. The van der Waals surface area contributed by atoms with Crippen molar-refractivity contribution in [3.05, 3.63) is 182 Å². The van der Waals surface area contributed by atoms with Gasteiger partial charge in [-0.15, -0.1) is 0 Å². The molecule has 2 unspecified atom stereocenters. The van der Waals surface area contributed by atoms with Gasteiger partial charge in [0.15, 0.2) is 0 Å². The van der Waals surface area contributed by atoms with Crippen molar-refractivity contribution in [1.82, 2.24) is 5.32 Å². The van der Waals surface area contributed by atoms with Gasteiger partial charge >= 0.3 is 0 Å². The molecular weight excluding hydrogens is 867 g/mol. The molecule has 1 amide bonds. The number of carbonyl (C=O) groups excluding carboxylic acids is 1. The normalized spacial score (nSPS) is 14.3. The molecule has 0 radical (unpaired) electrons. The van der Waals surface area contributed by atoms with Gasteiger partial charge in [0.25, 0.3) is 0 Å². The van der Waals surface area contributed by atoms with E-state index in [1.54, 1.807) is 6.08 Å². The van der Waals surface area contributed by atoms with Gasteiger partial charge in [0, 0.05) is 6.42 Å². The summed E-state index contributed by atoms with van der Waals surface area (Å²) in [6.45, 7) is 4.15. The fourth-order valence-electron chi connectivity index (χ4n) is 7.31. The Morgan fingerprint density at radius 2 is 0.634 bits per heavy atom. The van der Waals surface area contributed by atoms with Crippen LogP contribution in [-0.4, -0.2) is 34.9 Å². The molecule has 396 valence electrons. The quantitative estimate of drug-likeness (QED) is 0.0420. The summed E-state index contributed by atoms with van der Waals surface area (Å²) in [6, 6.07) is -0.673. The number of unbranched alkanes of at least 4 members (excludes halogenated alkanes) is 14. The first-order valence-electron chi connectivity index (χ1n) is 28.5. The maximum absolute atomic E-state index is 12.4. The lowest BCUT2D eigenvalue weighted by Crippen LogP contribution is -2.45. The summed E-state index contributed by atoms with van der Waals surface area (Å²) in [5.41, 5.74) is 0. The van der Waals surface area contributed by atoms with Crippen molar-refractivity contribution in [2.45, 2.75) is 225 Å². The Bertz CT molecular complexity index is 1620. The minimum Gasteiger partial charge on any atom is -0.394 e. The van der Waals surface area contributed by atoms with Gasteiger partial charge in [-0.1, -0.05) is 254 Å². The molecule has 0 heterocycles. The van der Waals surface area contributed by atoms with Crippen LogP contribution in [0.3, 0.4) is 0 Å². The van der Waals surface area contributed by atoms with Gasteiger partial charge in [-0.25, -0.2) is 0 Å². The van der Waals surface area contributed by atoms with Crippen LogP contribution in [0, 0.1) is 0 Å². The standard InChI is InChI=1S/C67H105NO3/c1-3-5-7-9-11-13-15-17-19-21-23-24-25-26-27-28-29-30-31-32-33-34-35-36-37-38-39-40-41-42-43-44-45-47-49-51-53-55-57-59-61-63-67(71)68-65(64-69)66(70)62-60-58-56-54-52-50-48-46-22-20-18-16-14-12-10-8-6-4-2/h5,7,11,13,17,19,22-24,26-27,29-30,32-33,35-36,38-39,41-42,44-46,49,51-52,54,60,62,65-66,69-70H,3-4,6,8-10,12,14-16,18,20-21,25,28,31,34,37,40,43,47-48,50,53,55-59,61,63-64H2,1-2H3,(H,68,71)/b7-5-,13-11-,19-17-,24-23-,27-26-,30-29-,33-32-,36-35-,39-38-,42-41-,45-44-,46-22+,51-49-,54-52+,62-60+. The summed E-state index contributed by atoms with van der Waals surface area (Å²) < 4.78 is 0. The van der Waals surface area contributed by atoms with Crippen LogP contribution < -0.4 is 5.32 Å². The van der Waals surface area contributed by atoms with E-state index in [1.165, 1.54) is 57.8 Å². The second kappa shape index (κ2) is 59.8. The van der Waals surface area contributed by atoms with Gasteiger partial charge in [0.1, 0.15) is 0 Å². The molecule has 0 bridgehead atoms. The van der Waals surface area contributed by atoms with Crippen LogP contribution in [0.25, 0.3) is 0 Å². The molecule has 0 aromatic rings. The number of carbonyl (C=O) groups is 1. The highest BCUT2D eigenvalue weighted by atomic mass is 16.3. The maximum Gasteiger partial charge on any atom is 0.220 e. The average Bonchev–Trinajstić information content (AvgIpc) is 3.37. The number of allylic oxidation sites excluding steroid dienone is 29. The number of hydrogen-bond acceptors (Lipinski definition) is 3. The Morgan fingerprint density at radius 1 is 0.352 bits per heavy atom. The third kappa shape index (κ3) is 56.3. The van der Waals surface area contributed by atoms with E-state index in [0.717, 1.165) is 135 Å². The molecule has 0 saturated carbocycles. The monoisotopic (exact) mass is 972 g/mol. The predicted molar refractivity (Wildman–Crippen MR) is 317 cm³/mol. The highest BCUT2D eigenvalue weighted by molar-refractivity contribution is 5.76. The maximum atomic E-state index is 12.4. The minimum atomic E-state index is -0.895. The van der Waals surface area contributed by atoms with Crippen LogP contribution in [0.4, 0.5) is 0 Å². The SMILES string of the molecule is CC/C=C\C/C=C\C/C=C\C/C=C\C/C=C\C/C=C\C/C=C\C/C=C\C/C=C\C/C=C\C/C=C\C/C=C\CCCCCCC(=O)NC(CO)C(O)/C=C/CC/C=C/CC/C=C/CCCCCCCCCC. The van der Waals surface area contributed by atoms with Crippen LogP contribution in [0.1, 0.15) is 213 Å². The first-order valence-corrected chi connectivity index (χ1v) is 28.5. The number of aliphatic hydroxyl groups excluding tert-OH is 2. The van der Waals surface area contributed by atoms with Gasteiger partial charge in [-0.3, -0.25) is 4.79 Å². The lowest BCUT2D eigenvalue weighted by atomic mass is 10.1. The van der Waals surface area contributed by atoms with Crippen LogP contribution in [0.5, 0.6) is 0 Å². The summed E-state index contributed by atoms with van der Waals surface area (Å²) in [5, 5.41) is 23.1. The largest absolute Gasteiger partial charge is 0.394 e. The molecule has 71 heavy (non-hydrogen) atoms. The second-order valence-electron chi connectivity index (χ2n) is 18.2. The van der Waals surface area contributed by atoms with Crippen LogP contribution >= 0.6 is 0 Å². The van der Waals surface area contributed by atoms with Crippen LogP contribution in [-0.2, 0) is 4.79 Å². The first kappa shape index (κ1) is 66.5. The minimum absolute atomic E-state index is 0.111. The number of amides is 1. The van der Waals surface area contributed by atoms with Crippen LogP contribution in [0.2, 0.25) is 0 Å². The van der Waals surface area contributed by atoms with Gasteiger partial charge in [-0.05, 0) is 135 Å². The van der Waals surface area contributed by atoms with Crippen molar-refractivity contribution in [3.63, 3.8) is 0 Å². The molecular formula is C67H105NO3. The molecule has 0 aromatic heterocycles. The number of rotatable bonds is 49. The van der Waals surface area contributed by atoms with Crippen molar-refractivity contribution in [2.24, 2.45) is 0 Å². The summed E-state index contributed by atoms with van der Waals surface area (Å²) >= 11 is 0. The van der Waals surface area contributed by atoms with E-state index in [1.807, 2.05) is 6.08 Å². The fraction of sp³-hybridized carbons (Fsp3) is 0.537. The zero-order chi connectivity index (χ0) is 51.3. The first-order chi connectivity index (χ1) is 35.2. The summed E-state index contributed by atoms with van der Waals surface area (Å²) in [4.78, 5) is 12.4. The second-order valence-corrected chi connectivity index (χ2v) is 18.2. The lowest BCUT2D eigenvalue weighted by molar-refractivity contribution is -0.123. The van der Waals surface area contributed by atoms with E-state index in [-0.39, 0.29) is 12.5 Å². The summed E-state index contributed by atoms with van der Waals surface area (Å²) in [6.07, 6.45) is 99.0. The smallest absolute Gasteiger partial charge is 0.220 e. The molecule has 0 rings (SSSR count). The Morgan fingerprint density at radius 3 is 0.986 bits per heavy atom. The molecule has 0 aromatic carbocycles. The molecule has 0 saturated heterocycles. The van der Waals surface area contributed by atoms with Crippen molar-refractivity contribution in [2.75, 3.05) is 6.61 Å². The topological polar surface area (TPSA) is 69.6 Å². The Kier molecular flexibility index (Phi) is 56.0. The third-order valence-electron chi connectivity index (χ3n) is 11.6.